The minimum atomic E-state index is -0.451. The number of imide groups is 1. The highest BCUT2D eigenvalue weighted by Crippen LogP contribution is 2.22. The maximum Gasteiger partial charge on any atom is 0.280 e. The zero-order valence-electron chi connectivity index (χ0n) is 14.1. The average molecular weight is 381 g/mol. The van der Waals surface area contributed by atoms with Gasteiger partial charge < -0.3 is 0 Å². The number of carbonyl (C=O) groups excluding carboxylic acids is 2. The Morgan fingerprint density at radius 2 is 1.81 bits per heavy atom. The van der Waals surface area contributed by atoms with E-state index < -0.39 is 11.8 Å². The Kier molecular flexibility index (Phi) is 4.01. The van der Waals surface area contributed by atoms with Gasteiger partial charge in [0.1, 0.15) is 0 Å². The van der Waals surface area contributed by atoms with Gasteiger partial charge in [0, 0.05) is 16.9 Å². The van der Waals surface area contributed by atoms with Crippen molar-refractivity contribution in [3.8, 4) is 5.69 Å². The molecule has 8 heteroatoms. The highest BCUT2D eigenvalue weighted by molar-refractivity contribution is 6.30. The van der Waals surface area contributed by atoms with Crippen LogP contribution in [-0.2, 0) is 0 Å². The Labute approximate surface area is 158 Å². The summed E-state index contributed by atoms with van der Waals surface area (Å²) >= 11 is 5.99. The molecule has 0 spiro atoms. The normalized spacial score (nSPS) is 13.3. The zero-order chi connectivity index (χ0) is 19.1. The van der Waals surface area contributed by atoms with Gasteiger partial charge in [-0.05, 0) is 43.3 Å². The first-order valence-electron chi connectivity index (χ1n) is 8.05. The second-order valence-corrected chi connectivity index (χ2v) is 6.48. The molecule has 1 aliphatic heterocycles. The summed E-state index contributed by atoms with van der Waals surface area (Å²) in [5.74, 6) is -0.871. The zero-order valence-corrected chi connectivity index (χ0v) is 14.9. The smallest absolute Gasteiger partial charge is 0.280 e. The summed E-state index contributed by atoms with van der Waals surface area (Å²) in [7, 11) is 0. The first-order valence-corrected chi connectivity index (χ1v) is 8.43. The first kappa shape index (κ1) is 17.0. The number of hydrogen-bond acceptors (Lipinski definition) is 4. The molecule has 1 aliphatic rings. The van der Waals surface area contributed by atoms with Gasteiger partial charge in [0.25, 0.3) is 17.4 Å². The third-order valence-electron chi connectivity index (χ3n) is 4.25. The molecule has 0 fully saturated rings. The van der Waals surface area contributed by atoms with Crippen LogP contribution >= 0.6 is 11.6 Å². The van der Waals surface area contributed by atoms with E-state index in [1.807, 2.05) is 0 Å². The molecule has 7 nitrogen and oxygen atoms in total. The maximum absolute atomic E-state index is 12.7. The topological polar surface area (TPSA) is 96.3 Å². The molecule has 0 atom stereocenters. The number of amides is 2. The Morgan fingerprint density at radius 3 is 2.59 bits per heavy atom. The van der Waals surface area contributed by atoms with Crippen LogP contribution in [-0.4, -0.2) is 27.8 Å². The standard InChI is InChI=1S/C19H13ClN4O3/c1-10-16(19(27)24(23-10)13-4-2-3-11(20)7-13)9-21-12-5-6-14-15(8-12)18(26)22-17(14)25/h2-9,23H,1H3,(H,22,25,26). The number of aryl methyl sites for hydroxylation is 1. The summed E-state index contributed by atoms with van der Waals surface area (Å²) in [5, 5.41) is 5.74. The number of aromatic nitrogens is 2. The number of H-pyrrole nitrogens is 1. The van der Waals surface area contributed by atoms with Crippen molar-refractivity contribution in [2.75, 3.05) is 0 Å². The van der Waals surface area contributed by atoms with E-state index in [4.69, 9.17) is 11.6 Å². The molecule has 2 heterocycles. The van der Waals surface area contributed by atoms with Gasteiger partial charge in [-0.1, -0.05) is 17.7 Å². The Hall–Kier alpha value is -3.45. The van der Waals surface area contributed by atoms with E-state index in [-0.39, 0.29) is 11.1 Å². The summed E-state index contributed by atoms with van der Waals surface area (Å²) in [6.45, 7) is 1.76. The van der Waals surface area contributed by atoms with Crippen LogP contribution in [0, 0.1) is 6.92 Å². The summed E-state index contributed by atoms with van der Waals surface area (Å²) in [6.07, 6.45) is 1.44. The lowest BCUT2D eigenvalue weighted by Crippen LogP contribution is -2.19. The van der Waals surface area contributed by atoms with Crippen LogP contribution in [0.5, 0.6) is 0 Å². The van der Waals surface area contributed by atoms with Crippen LogP contribution < -0.4 is 10.9 Å². The molecule has 0 bridgehead atoms. The SMILES string of the molecule is Cc1[nH]n(-c2cccc(Cl)c2)c(=O)c1C=Nc1ccc2c(c1)C(=O)NC2=O. The van der Waals surface area contributed by atoms with Gasteiger partial charge >= 0.3 is 0 Å². The van der Waals surface area contributed by atoms with Crippen molar-refractivity contribution >= 4 is 35.3 Å². The minimum Gasteiger partial charge on any atom is -0.295 e. The maximum atomic E-state index is 12.7. The van der Waals surface area contributed by atoms with E-state index in [0.717, 1.165) is 0 Å². The lowest BCUT2D eigenvalue weighted by atomic mass is 10.1. The molecule has 0 aliphatic carbocycles. The Morgan fingerprint density at radius 1 is 1.04 bits per heavy atom. The van der Waals surface area contributed by atoms with Crippen molar-refractivity contribution in [3.63, 3.8) is 0 Å². The van der Waals surface area contributed by atoms with Gasteiger partial charge in [0.15, 0.2) is 0 Å². The molecule has 27 heavy (non-hydrogen) atoms. The van der Waals surface area contributed by atoms with Gasteiger partial charge in [-0.25, -0.2) is 4.68 Å². The highest BCUT2D eigenvalue weighted by Gasteiger charge is 2.26. The summed E-state index contributed by atoms with van der Waals surface area (Å²) < 4.78 is 1.39. The quantitative estimate of drug-likeness (QED) is 0.540. The molecule has 3 aromatic rings. The molecule has 4 rings (SSSR count). The summed E-state index contributed by atoms with van der Waals surface area (Å²) in [4.78, 5) is 40.3. The summed E-state index contributed by atoms with van der Waals surface area (Å²) in [5.41, 5.74) is 2.43. The molecular weight excluding hydrogens is 368 g/mol. The van der Waals surface area contributed by atoms with Gasteiger partial charge in [-0.3, -0.25) is 29.8 Å². The number of aliphatic imine (C=N–C) groups is 1. The molecule has 0 radical (unpaired) electrons. The molecule has 0 saturated heterocycles. The molecular formula is C19H13ClN4O3. The number of halogens is 1. The second-order valence-electron chi connectivity index (χ2n) is 6.04. The Bertz CT molecular complexity index is 1190. The largest absolute Gasteiger partial charge is 0.295 e. The fourth-order valence-electron chi connectivity index (χ4n) is 2.88. The van der Waals surface area contributed by atoms with Crippen molar-refractivity contribution in [2.45, 2.75) is 6.92 Å². The molecule has 0 saturated carbocycles. The fourth-order valence-corrected chi connectivity index (χ4v) is 3.07. The van der Waals surface area contributed by atoms with E-state index in [1.54, 1.807) is 37.3 Å². The second kappa shape index (κ2) is 6.37. The van der Waals surface area contributed by atoms with Crippen LogP contribution in [0.2, 0.25) is 5.02 Å². The van der Waals surface area contributed by atoms with Crippen LogP contribution in [0.1, 0.15) is 32.0 Å². The predicted molar refractivity (Wildman–Crippen MR) is 102 cm³/mol. The van der Waals surface area contributed by atoms with Crippen molar-refractivity contribution in [1.29, 1.82) is 0 Å². The number of benzene rings is 2. The number of rotatable bonds is 3. The lowest BCUT2D eigenvalue weighted by molar-refractivity contribution is 0.0879. The van der Waals surface area contributed by atoms with Crippen LogP contribution in [0.3, 0.4) is 0 Å². The molecule has 0 unspecified atom stereocenters. The minimum absolute atomic E-state index is 0.271. The number of hydrogen-bond donors (Lipinski definition) is 2. The monoisotopic (exact) mass is 380 g/mol. The van der Waals surface area contributed by atoms with Crippen LogP contribution in [0.4, 0.5) is 5.69 Å². The molecule has 2 N–H and O–H groups in total. The van der Waals surface area contributed by atoms with Crippen molar-refractivity contribution in [2.24, 2.45) is 4.99 Å². The van der Waals surface area contributed by atoms with E-state index in [9.17, 15) is 14.4 Å². The van der Waals surface area contributed by atoms with Gasteiger partial charge in [0.05, 0.1) is 28.1 Å². The van der Waals surface area contributed by atoms with Crippen molar-refractivity contribution in [1.82, 2.24) is 15.1 Å². The summed E-state index contributed by atoms with van der Waals surface area (Å²) in [6, 6.07) is 11.6. The van der Waals surface area contributed by atoms with Gasteiger partial charge in [0.2, 0.25) is 0 Å². The van der Waals surface area contributed by atoms with Crippen molar-refractivity contribution in [3.05, 3.63) is 80.2 Å². The highest BCUT2D eigenvalue weighted by atomic mass is 35.5. The average Bonchev–Trinajstić information content (AvgIpc) is 3.09. The van der Waals surface area contributed by atoms with E-state index >= 15 is 0 Å². The number of carbonyl (C=O) groups is 2. The van der Waals surface area contributed by atoms with E-state index in [2.05, 4.69) is 15.4 Å². The van der Waals surface area contributed by atoms with Gasteiger partial charge in [-0.2, -0.15) is 0 Å². The van der Waals surface area contributed by atoms with Crippen LogP contribution in [0.25, 0.3) is 5.69 Å². The van der Waals surface area contributed by atoms with E-state index in [1.165, 1.54) is 23.0 Å². The number of nitrogens with zero attached hydrogens (tertiary/aromatic N) is 2. The molecule has 1 aromatic heterocycles. The third-order valence-corrected chi connectivity index (χ3v) is 4.48. The number of nitrogens with one attached hydrogen (secondary N) is 2. The lowest BCUT2D eigenvalue weighted by Gasteiger charge is -2.01. The molecule has 134 valence electrons. The Balaban J connectivity index is 1.70. The first-order chi connectivity index (χ1) is 12.9. The van der Waals surface area contributed by atoms with Crippen LogP contribution in [0.15, 0.2) is 52.3 Å². The predicted octanol–water partition coefficient (Wildman–Crippen LogP) is 2.76. The third kappa shape index (κ3) is 2.98. The molecule has 2 amide bonds. The fraction of sp³-hybridized carbons (Fsp3) is 0.0526. The molecule has 2 aromatic carbocycles. The number of aromatic amines is 1. The van der Waals surface area contributed by atoms with E-state index in [0.29, 0.717) is 33.2 Å². The van der Waals surface area contributed by atoms with Gasteiger partial charge in [-0.15, -0.1) is 0 Å². The van der Waals surface area contributed by atoms with Crippen molar-refractivity contribution < 1.29 is 9.59 Å². The number of fused-ring (bicyclic) bond motifs is 1.